The van der Waals surface area contributed by atoms with Crippen LogP contribution in [0.4, 0.5) is 0 Å². The molecule has 32 heavy (non-hydrogen) atoms. The summed E-state index contributed by atoms with van der Waals surface area (Å²) in [6.07, 6.45) is 5.82. The Balaban J connectivity index is 1.28. The molecule has 1 saturated heterocycles. The second-order valence-electron chi connectivity index (χ2n) is 8.71. The molecule has 1 aliphatic heterocycles. The molecule has 160 valence electrons. The first-order chi connectivity index (χ1) is 15.7. The predicted molar refractivity (Wildman–Crippen MR) is 129 cm³/mol. The monoisotopic (exact) mass is 422 g/mol. The van der Waals surface area contributed by atoms with E-state index in [1.807, 2.05) is 18.6 Å². The molecule has 0 atom stereocenters. The fourth-order valence-electron chi connectivity index (χ4n) is 4.52. The molecule has 0 unspecified atom stereocenters. The molecule has 0 saturated carbocycles. The number of nitrogens with zero attached hydrogens (tertiary/aromatic N) is 4. The Labute approximate surface area is 186 Å². The summed E-state index contributed by atoms with van der Waals surface area (Å²) in [6.45, 7) is 5.55. The number of benzene rings is 2. The summed E-state index contributed by atoms with van der Waals surface area (Å²) in [5.41, 5.74) is 8.39. The number of aromatic amines is 2. The summed E-state index contributed by atoms with van der Waals surface area (Å²) in [5.74, 6) is 0. The number of hydrogen-bond donors (Lipinski definition) is 2. The lowest BCUT2D eigenvalue weighted by atomic mass is 10.1. The molecular formula is C26H26N6. The highest BCUT2D eigenvalue weighted by molar-refractivity contribution is 5.94. The average Bonchev–Trinajstić information content (AvgIpc) is 3.47. The van der Waals surface area contributed by atoms with Crippen LogP contribution in [0.1, 0.15) is 5.56 Å². The topological polar surface area (TPSA) is 63.8 Å². The van der Waals surface area contributed by atoms with E-state index in [9.17, 15) is 0 Å². The third kappa shape index (κ3) is 3.57. The lowest BCUT2D eigenvalue weighted by molar-refractivity contribution is 0.148. The van der Waals surface area contributed by atoms with Crippen LogP contribution in [0.15, 0.2) is 67.1 Å². The van der Waals surface area contributed by atoms with Crippen LogP contribution < -0.4 is 0 Å². The van der Waals surface area contributed by atoms with Crippen molar-refractivity contribution in [3.05, 3.63) is 72.7 Å². The number of aromatic nitrogens is 4. The highest BCUT2D eigenvalue weighted by atomic mass is 15.2. The van der Waals surface area contributed by atoms with Gasteiger partial charge in [0.25, 0.3) is 0 Å². The highest BCUT2D eigenvalue weighted by Gasteiger charge is 2.14. The van der Waals surface area contributed by atoms with Gasteiger partial charge in [-0.05, 0) is 41.8 Å². The van der Waals surface area contributed by atoms with Gasteiger partial charge in [-0.1, -0.05) is 30.3 Å². The molecule has 1 aliphatic rings. The van der Waals surface area contributed by atoms with Gasteiger partial charge in [0.15, 0.2) is 5.65 Å². The number of fused-ring (bicyclic) bond motifs is 2. The van der Waals surface area contributed by atoms with Crippen LogP contribution in [0.3, 0.4) is 0 Å². The molecule has 3 aromatic heterocycles. The Kier molecular flexibility index (Phi) is 4.74. The number of rotatable bonds is 4. The largest absolute Gasteiger partial charge is 0.361 e. The van der Waals surface area contributed by atoms with E-state index in [0.717, 1.165) is 71.8 Å². The number of hydrogen-bond acceptors (Lipinski definition) is 4. The van der Waals surface area contributed by atoms with Gasteiger partial charge in [0, 0.05) is 61.8 Å². The molecule has 1 fully saturated rings. The quantitative estimate of drug-likeness (QED) is 0.447. The van der Waals surface area contributed by atoms with Crippen LogP contribution in [-0.4, -0.2) is 63.0 Å². The first kappa shape index (κ1) is 19.2. The maximum Gasteiger partial charge on any atom is 0.156 e. The summed E-state index contributed by atoms with van der Waals surface area (Å²) in [4.78, 5) is 21.1. The molecular weight excluding hydrogens is 396 g/mol. The minimum Gasteiger partial charge on any atom is -0.361 e. The Hall–Kier alpha value is -3.48. The SMILES string of the molecule is CN1CCN(Cc2ccc(-c3cnc4[nH]cc(-c5ccc6[nH]ccc6c5)c4n3)cc2)CC1. The van der Waals surface area contributed by atoms with Gasteiger partial charge in [0.05, 0.1) is 11.9 Å². The van der Waals surface area contributed by atoms with Crippen LogP contribution in [0.5, 0.6) is 0 Å². The standard InChI is InChI=1S/C26H26N6/c1-31-10-12-32(13-11-31)17-18-2-4-19(5-3-18)24-16-29-26-25(30-24)22(15-28-26)20-6-7-23-21(14-20)8-9-27-23/h2-9,14-16,27H,10-13,17H2,1H3,(H,28,29). The average molecular weight is 423 g/mol. The smallest absolute Gasteiger partial charge is 0.156 e. The number of likely N-dealkylation sites (N-methyl/N-ethyl adjacent to an activating group) is 1. The third-order valence-corrected chi connectivity index (χ3v) is 6.50. The molecule has 0 radical (unpaired) electrons. The zero-order valence-corrected chi connectivity index (χ0v) is 18.2. The zero-order chi connectivity index (χ0) is 21.5. The second-order valence-corrected chi connectivity index (χ2v) is 8.71. The van der Waals surface area contributed by atoms with Gasteiger partial charge in [-0.2, -0.15) is 0 Å². The summed E-state index contributed by atoms with van der Waals surface area (Å²) < 4.78 is 0. The van der Waals surface area contributed by atoms with Gasteiger partial charge < -0.3 is 14.9 Å². The van der Waals surface area contributed by atoms with Crippen molar-refractivity contribution in [3.63, 3.8) is 0 Å². The van der Waals surface area contributed by atoms with Gasteiger partial charge in [-0.25, -0.2) is 9.97 Å². The molecule has 5 aromatic rings. The van der Waals surface area contributed by atoms with Crippen molar-refractivity contribution in [3.8, 4) is 22.4 Å². The summed E-state index contributed by atoms with van der Waals surface area (Å²) in [6, 6.07) is 17.3. The number of piperazine rings is 1. The highest BCUT2D eigenvalue weighted by Crippen LogP contribution is 2.30. The summed E-state index contributed by atoms with van der Waals surface area (Å²) >= 11 is 0. The van der Waals surface area contributed by atoms with Gasteiger partial charge >= 0.3 is 0 Å². The molecule has 0 bridgehead atoms. The molecule has 2 N–H and O–H groups in total. The van der Waals surface area contributed by atoms with Crippen LogP contribution in [0, 0.1) is 0 Å². The third-order valence-electron chi connectivity index (χ3n) is 6.50. The van der Waals surface area contributed by atoms with Crippen molar-refractivity contribution in [2.45, 2.75) is 6.54 Å². The van der Waals surface area contributed by atoms with E-state index < -0.39 is 0 Å². The molecule has 0 spiro atoms. The van der Waals surface area contributed by atoms with E-state index in [4.69, 9.17) is 4.98 Å². The Morgan fingerprint density at radius 1 is 0.906 bits per heavy atom. The lowest BCUT2D eigenvalue weighted by Crippen LogP contribution is -2.43. The fraction of sp³-hybridized carbons (Fsp3) is 0.231. The van der Waals surface area contributed by atoms with E-state index in [1.165, 1.54) is 10.9 Å². The van der Waals surface area contributed by atoms with E-state index >= 15 is 0 Å². The normalized spacial score (nSPS) is 15.7. The van der Waals surface area contributed by atoms with Crippen LogP contribution in [0.25, 0.3) is 44.5 Å². The molecule has 2 aromatic carbocycles. The Morgan fingerprint density at radius 2 is 1.72 bits per heavy atom. The predicted octanol–water partition coefficient (Wildman–Crippen LogP) is 4.52. The summed E-state index contributed by atoms with van der Waals surface area (Å²) in [5, 5.41) is 1.19. The molecule has 6 nitrogen and oxygen atoms in total. The molecule has 4 heterocycles. The van der Waals surface area contributed by atoms with Gasteiger partial charge in [-0.15, -0.1) is 0 Å². The first-order valence-corrected chi connectivity index (χ1v) is 11.1. The van der Waals surface area contributed by atoms with Gasteiger partial charge in [0.1, 0.15) is 5.52 Å². The molecule has 0 amide bonds. The van der Waals surface area contributed by atoms with Crippen molar-refractivity contribution < 1.29 is 0 Å². The minimum absolute atomic E-state index is 0.810. The van der Waals surface area contributed by atoms with Gasteiger partial charge in [-0.3, -0.25) is 4.90 Å². The van der Waals surface area contributed by atoms with E-state index in [1.54, 1.807) is 0 Å². The van der Waals surface area contributed by atoms with Crippen molar-refractivity contribution in [1.82, 2.24) is 29.7 Å². The number of nitrogens with one attached hydrogen (secondary N) is 2. The summed E-state index contributed by atoms with van der Waals surface area (Å²) in [7, 11) is 2.19. The van der Waals surface area contributed by atoms with E-state index in [2.05, 4.69) is 80.3 Å². The van der Waals surface area contributed by atoms with Crippen LogP contribution >= 0.6 is 0 Å². The molecule has 6 rings (SSSR count). The lowest BCUT2D eigenvalue weighted by Gasteiger charge is -2.32. The maximum atomic E-state index is 4.99. The Morgan fingerprint density at radius 3 is 2.56 bits per heavy atom. The number of H-pyrrole nitrogens is 2. The second kappa shape index (κ2) is 7.89. The zero-order valence-electron chi connectivity index (χ0n) is 18.2. The van der Waals surface area contributed by atoms with Crippen molar-refractivity contribution >= 4 is 22.1 Å². The van der Waals surface area contributed by atoms with E-state index in [0.29, 0.717) is 0 Å². The van der Waals surface area contributed by atoms with Crippen molar-refractivity contribution in [2.24, 2.45) is 0 Å². The van der Waals surface area contributed by atoms with Gasteiger partial charge in [0.2, 0.25) is 0 Å². The van der Waals surface area contributed by atoms with Crippen LogP contribution in [-0.2, 0) is 6.54 Å². The first-order valence-electron chi connectivity index (χ1n) is 11.1. The Bertz CT molecular complexity index is 1370. The molecule has 6 heteroatoms. The molecule has 0 aliphatic carbocycles. The minimum atomic E-state index is 0.810. The fourth-order valence-corrected chi connectivity index (χ4v) is 4.52. The van der Waals surface area contributed by atoms with Crippen molar-refractivity contribution in [1.29, 1.82) is 0 Å². The van der Waals surface area contributed by atoms with Crippen LogP contribution in [0.2, 0.25) is 0 Å². The van der Waals surface area contributed by atoms with E-state index in [-0.39, 0.29) is 0 Å². The maximum absolute atomic E-state index is 4.99. The van der Waals surface area contributed by atoms with Crippen molar-refractivity contribution in [2.75, 3.05) is 33.2 Å².